The fraction of sp³-hybridized carbons (Fsp3) is 0.154. The fourth-order valence-electron chi connectivity index (χ4n) is 1.71. The first-order valence-electron chi connectivity index (χ1n) is 5.94. The van der Waals surface area contributed by atoms with E-state index < -0.39 is 33.2 Å². The summed E-state index contributed by atoms with van der Waals surface area (Å²) in [5.41, 5.74) is -0.738. The summed E-state index contributed by atoms with van der Waals surface area (Å²) in [6.45, 7) is 3.49. The molecule has 0 bridgehead atoms. The van der Waals surface area contributed by atoms with E-state index in [1.807, 2.05) is 4.72 Å². The number of sulfonamides is 1. The molecule has 2 rings (SSSR count). The maximum Gasteiger partial charge on any atom is 0.341 e. The lowest BCUT2D eigenvalue weighted by Gasteiger charge is -2.08. The van der Waals surface area contributed by atoms with Crippen LogP contribution in [-0.2, 0) is 10.0 Å². The molecule has 22 heavy (non-hydrogen) atoms. The minimum absolute atomic E-state index is 0.00521. The van der Waals surface area contributed by atoms with Crippen LogP contribution in [0.15, 0.2) is 22.4 Å². The van der Waals surface area contributed by atoms with Crippen molar-refractivity contribution in [2.75, 3.05) is 4.72 Å². The fourth-order valence-corrected chi connectivity index (χ4v) is 4.27. The summed E-state index contributed by atoms with van der Waals surface area (Å²) in [5, 5.41) is 8.66. The predicted molar refractivity (Wildman–Crippen MR) is 77.9 cm³/mol. The number of thiophene rings is 1. The standard InChI is InChI=1S/C13H11F2NO4S2/c1-6-3-11(21-7(6)2)22(19,20)16-8-4-9(14)12(13(17)18)10(15)5-8/h3-5,16H,1-2H3,(H,17,18). The number of carbonyl (C=O) groups is 1. The molecular weight excluding hydrogens is 336 g/mol. The summed E-state index contributed by atoms with van der Waals surface area (Å²) < 4.78 is 53.4. The lowest BCUT2D eigenvalue weighted by atomic mass is 10.2. The molecule has 0 radical (unpaired) electrons. The molecule has 0 aliphatic heterocycles. The van der Waals surface area contributed by atoms with Crippen molar-refractivity contribution in [3.8, 4) is 0 Å². The molecule has 0 saturated heterocycles. The topological polar surface area (TPSA) is 83.5 Å². The zero-order chi connectivity index (χ0) is 16.7. The molecule has 5 nitrogen and oxygen atoms in total. The number of benzene rings is 1. The first-order valence-corrected chi connectivity index (χ1v) is 8.24. The number of nitrogens with one attached hydrogen (secondary N) is 1. The van der Waals surface area contributed by atoms with E-state index in [1.54, 1.807) is 13.8 Å². The molecule has 2 aromatic rings. The highest BCUT2D eigenvalue weighted by molar-refractivity contribution is 7.94. The molecule has 0 atom stereocenters. The van der Waals surface area contributed by atoms with Gasteiger partial charge in [-0.15, -0.1) is 11.3 Å². The van der Waals surface area contributed by atoms with Crippen LogP contribution in [0.3, 0.4) is 0 Å². The van der Waals surface area contributed by atoms with E-state index >= 15 is 0 Å². The van der Waals surface area contributed by atoms with Gasteiger partial charge in [-0.3, -0.25) is 4.72 Å². The SMILES string of the molecule is Cc1cc(S(=O)(=O)Nc2cc(F)c(C(=O)O)c(F)c2)sc1C. The number of halogens is 2. The number of carboxylic acids is 1. The second-order valence-corrected chi connectivity index (χ2v) is 7.70. The van der Waals surface area contributed by atoms with Gasteiger partial charge >= 0.3 is 5.97 Å². The largest absolute Gasteiger partial charge is 0.477 e. The van der Waals surface area contributed by atoms with Crippen molar-refractivity contribution in [1.29, 1.82) is 0 Å². The Morgan fingerprint density at radius 3 is 2.14 bits per heavy atom. The lowest BCUT2D eigenvalue weighted by Crippen LogP contribution is -2.13. The molecular formula is C13H11F2NO4S2. The van der Waals surface area contributed by atoms with Crippen molar-refractivity contribution in [3.05, 3.63) is 45.8 Å². The first kappa shape index (κ1) is 16.4. The summed E-state index contributed by atoms with van der Waals surface area (Å²) in [7, 11) is -3.99. The van der Waals surface area contributed by atoms with E-state index in [4.69, 9.17) is 5.11 Å². The molecule has 0 aliphatic carbocycles. The predicted octanol–water partition coefficient (Wildman–Crippen LogP) is 3.14. The summed E-state index contributed by atoms with van der Waals surface area (Å²) in [6.07, 6.45) is 0. The second-order valence-electron chi connectivity index (χ2n) is 4.53. The Morgan fingerprint density at radius 1 is 1.18 bits per heavy atom. The minimum atomic E-state index is -3.99. The zero-order valence-electron chi connectivity index (χ0n) is 11.5. The Hall–Kier alpha value is -2.00. The zero-order valence-corrected chi connectivity index (χ0v) is 13.1. The third kappa shape index (κ3) is 3.09. The number of anilines is 1. The van der Waals surface area contributed by atoms with Crippen molar-refractivity contribution >= 4 is 33.0 Å². The number of carboxylic acid groups (broad SMARTS) is 1. The highest BCUT2D eigenvalue weighted by atomic mass is 32.2. The number of aromatic carboxylic acids is 1. The molecule has 2 N–H and O–H groups in total. The van der Waals surface area contributed by atoms with Gasteiger partial charge < -0.3 is 5.11 Å². The molecule has 1 aromatic carbocycles. The Labute approximate surface area is 129 Å². The van der Waals surface area contributed by atoms with Crippen LogP contribution in [0.25, 0.3) is 0 Å². The van der Waals surface area contributed by atoms with Crippen LogP contribution in [0.5, 0.6) is 0 Å². The molecule has 0 amide bonds. The highest BCUT2D eigenvalue weighted by Crippen LogP contribution is 2.28. The minimum Gasteiger partial charge on any atom is -0.477 e. The number of hydrogen-bond acceptors (Lipinski definition) is 4. The van der Waals surface area contributed by atoms with Crippen LogP contribution in [0.1, 0.15) is 20.8 Å². The average Bonchev–Trinajstić information content (AvgIpc) is 2.68. The monoisotopic (exact) mass is 347 g/mol. The molecule has 0 aliphatic rings. The first-order chi connectivity index (χ1) is 10.1. The molecule has 0 saturated carbocycles. The van der Waals surface area contributed by atoms with E-state index in [-0.39, 0.29) is 9.90 Å². The van der Waals surface area contributed by atoms with Crippen LogP contribution in [0, 0.1) is 25.5 Å². The Bertz CT molecular complexity index is 816. The average molecular weight is 347 g/mol. The Kier molecular flexibility index (Phi) is 4.21. The highest BCUT2D eigenvalue weighted by Gasteiger charge is 2.22. The molecule has 118 valence electrons. The quantitative estimate of drug-likeness (QED) is 0.890. The van der Waals surface area contributed by atoms with Crippen molar-refractivity contribution in [1.82, 2.24) is 0 Å². The van der Waals surface area contributed by atoms with Gasteiger partial charge in [0.2, 0.25) is 0 Å². The molecule has 0 fully saturated rings. The van der Waals surface area contributed by atoms with Gasteiger partial charge in [-0.2, -0.15) is 0 Å². The van der Waals surface area contributed by atoms with Gasteiger partial charge in [0, 0.05) is 4.88 Å². The third-order valence-corrected chi connectivity index (χ3v) is 5.92. The van der Waals surface area contributed by atoms with E-state index in [9.17, 15) is 22.0 Å². The summed E-state index contributed by atoms with van der Waals surface area (Å²) in [5.74, 6) is -4.48. The Morgan fingerprint density at radius 2 is 1.73 bits per heavy atom. The van der Waals surface area contributed by atoms with Gasteiger partial charge in [-0.05, 0) is 37.6 Å². The van der Waals surface area contributed by atoms with Crippen LogP contribution in [-0.4, -0.2) is 19.5 Å². The molecule has 1 heterocycles. The van der Waals surface area contributed by atoms with E-state index in [2.05, 4.69) is 0 Å². The normalized spacial score (nSPS) is 11.5. The van der Waals surface area contributed by atoms with Gasteiger partial charge in [0.25, 0.3) is 10.0 Å². The van der Waals surface area contributed by atoms with Crippen LogP contribution in [0.2, 0.25) is 0 Å². The maximum atomic E-state index is 13.6. The number of hydrogen-bond donors (Lipinski definition) is 2. The van der Waals surface area contributed by atoms with Crippen LogP contribution in [0.4, 0.5) is 14.5 Å². The van der Waals surface area contributed by atoms with Crippen molar-refractivity contribution < 1.29 is 27.1 Å². The van der Waals surface area contributed by atoms with E-state index in [0.29, 0.717) is 12.1 Å². The number of rotatable bonds is 4. The summed E-state index contributed by atoms with van der Waals surface area (Å²) >= 11 is 1.02. The van der Waals surface area contributed by atoms with Gasteiger partial charge in [-0.1, -0.05) is 0 Å². The molecule has 0 spiro atoms. The smallest absolute Gasteiger partial charge is 0.341 e. The third-order valence-electron chi connectivity index (χ3n) is 2.92. The second kappa shape index (κ2) is 5.65. The van der Waals surface area contributed by atoms with Crippen molar-refractivity contribution in [2.45, 2.75) is 18.1 Å². The molecule has 0 unspecified atom stereocenters. The lowest BCUT2D eigenvalue weighted by molar-refractivity contribution is 0.0686. The molecule has 9 heteroatoms. The van der Waals surface area contributed by atoms with Crippen LogP contribution < -0.4 is 4.72 Å². The van der Waals surface area contributed by atoms with Crippen molar-refractivity contribution in [3.63, 3.8) is 0 Å². The van der Waals surface area contributed by atoms with Gasteiger partial charge in [0.1, 0.15) is 21.4 Å². The van der Waals surface area contributed by atoms with Gasteiger partial charge in [-0.25, -0.2) is 22.0 Å². The summed E-state index contributed by atoms with van der Waals surface area (Å²) in [6, 6.07) is 2.69. The summed E-state index contributed by atoms with van der Waals surface area (Å²) in [4.78, 5) is 11.5. The van der Waals surface area contributed by atoms with Gasteiger partial charge in [0.15, 0.2) is 0 Å². The van der Waals surface area contributed by atoms with Crippen molar-refractivity contribution in [2.24, 2.45) is 0 Å². The van der Waals surface area contributed by atoms with E-state index in [1.165, 1.54) is 6.07 Å². The maximum absolute atomic E-state index is 13.6. The van der Waals surface area contributed by atoms with E-state index in [0.717, 1.165) is 21.8 Å². The molecule has 1 aromatic heterocycles. The van der Waals surface area contributed by atoms with Gasteiger partial charge in [0.05, 0.1) is 5.69 Å². The Balaban J connectivity index is 2.40. The van der Waals surface area contributed by atoms with Crippen LogP contribution >= 0.6 is 11.3 Å². The number of aryl methyl sites for hydroxylation is 2.